The second-order valence-corrected chi connectivity index (χ2v) is 8.12. The van der Waals surface area contributed by atoms with Crippen molar-refractivity contribution in [3.8, 4) is 5.69 Å². The SMILES string of the molecule is CC[C@@H](C(=O)NCc1ccccc1F)n1nc(C)c2c(C)n(-c3ccc(C)cc3)nc2c1=O. The zero-order chi connectivity index (χ0) is 23.7. The van der Waals surface area contributed by atoms with Crippen LogP contribution in [0.25, 0.3) is 16.6 Å². The Morgan fingerprint density at radius 3 is 2.42 bits per heavy atom. The van der Waals surface area contributed by atoms with Crippen LogP contribution < -0.4 is 10.9 Å². The summed E-state index contributed by atoms with van der Waals surface area (Å²) in [6, 6.07) is 13.3. The van der Waals surface area contributed by atoms with Gasteiger partial charge in [-0.15, -0.1) is 0 Å². The summed E-state index contributed by atoms with van der Waals surface area (Å²) >= 11 is 0. The normalized spacial score (nSPS) is 12.2. The number of nitrogens with zero attached hydrogens (tertiary/aromatic N) is 4. The van der Waals surface area contributed by atoms with Gasteiger partial charge in [0.05, 0.1) is 22.5 Å². The summed E-state index contributed by atoms with van der Waals surface area (Å²) in [5.41, 5.74) is 3.59. The minimum Gasteiger partial charge on any atom is -0.350 e. The van der Waals surface area contributed by atoms with Gasteiger partial charge in [-0.2, -0.15) is 10.2 Å². The predicted molar refractivity (Wildman–Crippen MR) is 125 cm³/mol. The van der Waals surface area contributed by atoms with E-state index in [0.29, 0.717) is 23.1 Å². The molecule has 7 nitrogen and oxygen atoms in total. The van der Waals surface area contributed by atoms with Crippen molar-refractivity contribution >= 4 is 16.8 Å². The quantitative estimate of drug-likeness (QED) is 0.486. The summed E-state index contributed by atoms with van der Waals surface area (Å²) in [5, 5.41) is 12.4. The van der Waals surface area contributed by atoms with Crippen molar-refractivity contribution in [2.75, 3.05) is 0 Å². The highest BCUT2D eigenvalue weighted by molar-refractivity contribution is 5.84. The Morgan fingerprint density at radius 1 is 1.06 bits per heavy atom. The number of halogens is 1. The van der Waals surface area contributed by atoms with E-state index in [2.05, 4.69) is 15.5 Å². The molecule has 1 N–H and O–H groups in total. The smallest absolute Gasteiger partial charge is 0.295 e. The zero-order valence-electron chi connectivity index (χ0n) is 19.1. The van der Waals surface area contributed by atoms with Gasteiger partial charge in [-0.1, -0.05) is 42.8 Å². The van der Waals surface area contributed by atoms with Gasteiger partial charge in [-0.3, -0.25) is 9.59 Å². The maximum atomic E-state index is 13.9. The minimum atomic E-state index is -0.836. The summed E-state index contributed by atoms with van der Waals surface area (Å²) in [4.78, 5) is 26.3. The highest BCUT2D eigenvalue weighted by atomic mass is 19.1. The molecule has 0 saturated heterocycles. The van der Waals surface area contributed by atoms with E-state index in [1.807, 2.05) is 38.1 Å². The standard InChI is InChI=1S/C25H26FN5O2/c1-5-21(24(32)27-14-18-8-6-7-9-20(18)26)31-25(33)23-22(16(3)28-31)17(4)30(29-23)19-12-10-15(2)11-13-19/h6-13,21H,5,14H2,1-4H3,(H,27,32)/t21-/m0/s1. The van der Waals surface area contributed by atoms with Gasteiger partial charge < -0.3 is 5.32 Å². The van der Waals surface area contributed by atoms with E-state index >= 15 is 0 Å². The summed E-state index contributed by atoms with van der Waals surface area (Å²) in [7, 11) is 0. The Balaban J connectivity index is 1.71. The first kappa shape index (κ1) is 22.4. The summed E-state index contributed by atoms with van der Waals surface area (Å²) in [5.74, 6) is -0.792. The van der Waals surface area contributed by atoms with Crippen molar-refractivity contribution in [3.05, 3.63) is 87.2 Å². The Hall–Kier alpha value is -3.81. The van der Waals surface area contributed by atoms with Crippen LogP contribution in [0.2, 0.25) is 0 Å². The number of hydrogen-bond acceptors (Lipinski definition) is 4. The number of nitrogens with one attached hydrogen (secondary N) is 1. The molecule has 2 aromatic carbocycles. The zero-order valence-corrected chi connectivity index (χ0v) is 19.1. The van der Waals surface area contributed by atoms with Crippen LogP contribution in [0.3, 0.4) is 0 Å². The Kier molecular flexibility index (Phi) is 6.09. The molecule has 0 fully saturated rings. The van der Waals surface area contributed by atoms with E-state index in [0.717, 1.165) is 16.9 Å². The molecule has 4 rings (SSSR count). The lowest BCUT2D eigenvalue weighted by molar-refractivity contribution is -0.125. The lowest BCUT2D eigenvalue weighted by Crippen LogP contribution is -2.38. The number of rotatable bonds is 6. The lowest BCUT2D eigenvalue weighted by Gasteiger charge is -2.17. The fraction of sp³-hybridized carbons (Fsp3) is 0.280. The molecule has 0 unspecified atom stereocenters. The maximum absolute atomic E-state index is 13.9. The topological polar surface area (TPSA) is 81.8 Å². The van der Waals surface area contributed by atoms with E-state index in [9.17, 15) is 14.0 Å². The summed E-state index contributed by atoms with van der Waals surface area (Å²) in [6.45, 7) is 7.53. The van der Waals surface area contributed by atoms with Crippen molar-refractivity contribution in [2.45, 2.75) is 46.7 Å². The monoisotopic (exact) mass is 447 g/mol. The number of hydrogen-bond donors (Lipinski definition) is 1. The molecule has 0 aliphatic heterocycles. The first-order valence-corrected chi connectivity index (χ1v) is 10.9. The highest BCUT2D eigenvalue weighted by Gasteiger charge is 2.25. The van der Waals surface area contributed by atoms with Crippen molar-refractivity contribution in [1.29, 1.82) is 0 Å². The fourth-order valence-electron chi connectivity index (χ4n) is 4.01. The van der Waals surface area contributed by atoms with Gasteiger partial charge in [0, 0.05) is 12.1 Å². The van der Waals surface area contributed by atoms with Crippen molar-refractivity contribution in [3.63, 3.8) is 0 Å². The van der Waals surface area contributed by atoms with Gasteiger partial charge in [0.15, 0.2) is 5.52 Å². The Labute approximate surface area is 190 Å². The van der Waals surface area contributed by atoms with Crippen LogP contribution in [0.4, 0.5) is 4.39 Å². The largest absolute Gasteiger partial charge is 0.350 e. The van der Waals surface area contributed by atoms with Gasteiger partial charge >= 0.3 is 0 Å². The first-order valence-electron chi connectivity index (χ1n) is 10.9. The Morgan fingerprint density at radius 2 is 1.76 bits per heavy atom. The number of carbonyl (C=O) groups excluding carboxylic acids is 1. The maximum Gasteiger partial charge on any atom is 0.295 e. The van der Waals surface area contributed by atoms with Gasteiger partial charge in [0.25, 0.3) is 5.56 Å². The molecule has 8 heteroatoms. The third kappa shape index (κ3) is 4.16. The van der Waals surface area contributed by atoms with Crippen LogP contribution in [0.1, 0.15) is 41.9 Å². The summed E-state index contributed by atoms with van der Waals surface area (Å²) < 4.78 is 16.8. The third-order valence-corrected chi connectivity index (χ3v) is 5.82. The average Bonchev–Trinajstić information content (AvgIpc) is 3.15. The molecule has 4 aromatic rings. The molecule has 0 saturated carbocycles. The van der Waals surface area contributed by atoms with Crippen molar-refractivity contribution < 1.29 is 9.18 Å². The molecule has 1 amide bonds. The molecule has 2 aromatic heterocycles. The second-order valence-electron chi connectivity index (χ2n) is 8.12. The molecule has 33 heavy (non-hydrogen) atoms. The van der Waals surface area contributed by atoms with Gasteiger partial charge in [-0.25, -0.2) is 13.8 Å². The van der Waals surface area contributed by atoms with E-state index in [1.165, 1.54) is 10.7 Å². The van der Waals surface area contributed by atoms with Crippen molar-refractivity contribution in [1.82, 2.24) is 24.9 Å². The van der Waals surface area contributed by atoms with Gasteiger partial charge in [0.1, 0.15) is 11.9 Å². The molecular weight excluding hydrogens is 421 g/mol. The van der Waals surface area contributed by atoms with Crippen LogP contribution in [0.15, 0.2) is 53.3 Å². The van der Waals surface area contributed by atoms with Crippen LogP contribution in [0, 0.1) is 26.6 Å². The third-order valence-electron chi connectivity index (χ3n) is 5.82. The van der Waals surface area contributed by atoms with E-state index < -0.39 is 23.3 Å². The molecule has 0 aliphatic carbocycles. The van der Waals surface area contributed by atoms with Crippen molar-refractivity contribution in [2.24, 2.45) is 0 Å². The number of benzene rings is 2. The molecule has 0 bridgehead atoms. The number of aromatic nitrogens is 4. The van der Waals surface area contributed by atoms with Crippen LogP contribution in [0.5, 0.6) is 0 Å². The van der Waals surface area contributed by atoms with E-state index in [-0.39, 0.29) is 12.1 Å². The predicted octanol–water partition coefficient (Wildman–Crippen LogP) is 3.91. The van der Waals surface area contributed by atoms with Gasteiger partial charge in [0.2, 0.25) is 5.91 Å². The first-order chi connectivity index (χ1) is 15.8. The van der Waals surface area contributed by atoms with Gasteiger partial charge in [-0.05, 0) is 45.4 Å². The number of carbonyl (C=O) groups is 1. The highest BCUT2D eigenvalue weighted by Crippen LogP contribution is 2.22. The second kappa shape index (κ2) is 8.97. The molecule has 0 radical (unpaired) electrons. The molecule has 0 aliphatic rings. The van der Waals surface area contributed by atoms with E-state index in [4.69, 9.17) is 0 Å². The Bertz CT molecular complexity index is 1390. The van der Waals surface area contributed by atoms with Crippen LogP contribution in [-0.4, -0.2) is 25.5 Å². The molecule has 2 heterocycles. The molecule has 1 atom stereocenters. The lowest BCUT2D eigenvalue weighted by atomic mass is 10.1. The number of amides is 1. The van der Waals surface area contributed by atoms with Crippen LogP contribution in [-0.2, 0) is 11.3 Å². The van der Waals surface area contributed by atoms with E-state index in [1.54, 1.807) is 36.7 Å². The number of fused-ring (bicyclic) bond motifs is 1. The molecule has 170 valence electrons. The molecular formula is C25H26FN5O2. The average molecular weight is 448 g/mol. The van der Waals surface area contributed by atoms with Crippen LogP contribution >= 0.6 is 0 Å². The fourth-order valence-corrected chi connectivity index (χ4v) is 4.01. The molecule has 0 spiro atoms. The summed E-state index contributed by atoms with van der Waals surface area (Å²) in [6.07, 6.45) is 0.346. The number of aryl methyl sites for hydroxylation is 3. The minimum absolute atomic E-state index is 0.0269.